The Morgan fingerprint density at radius 3 is 3.14 bits per heavy atom. The number of aromatic nitrogens is 2. The maximum absolute atomic E-state index is 9.61. The largest absolute Gasteiger partial charge is 0.508 e. The molecule has 0 fully saturated rings. The van der Waals surface area contributed by atoms with E-state index in [1.165, 1.54) is 0 Å². The number of nitrogens with zero attached hydrogens (tertiary/aromatic N) is 2. The van der Waals surface area contributed by atoms with Crippen LogP contribution >= 0.6 is 0 Å². The summed E-state index contributed by atoms with van der Waals surface area (Å²) in [6.45, 7) is 0.803. The molecule has 0 bridgehead atoms. The highest BCUT2D eigenvalue weighted by Crippen LogP contribution is 2.30. The number of phenols is 1. The van der Waals surface area contributed by atoms with Crippen LogP contribution in [0.2, 0.25) is 0 Å². The lowest BCUT2D eigenvalue weighted by molar-refractivity contribution is 0.176. The summed E-state index contributed by atoms with van der Waals surface area (Å²) in [7, 11) is 0. The summed E-state index contributed by atoms with van der Waals surface area (Å²) in [6, 6.07) is 5.09. The molecule has 2 heterocycles. The van der Waals surface area contributed by atoms with E-state index < -0.39 is 6.10 Å². The molecular weight excluding hydrogens is 180 g/mol. The lowest BCUT2D eigenvalue weighted by Gasteiger charge is -1.97. The number of phenolic OH excluding ortho intramolecular Hbond substituents is 1. The van der Waals surface area contributed by atoms with Crippen molar-refractivity contribution < 1.29 is 10.2 Å². The summed E-state index contributed by atoms with van der Waals surface area (Å²) >= 11 is 0. The van der Waals surface area contributed by atoms with Crippen molar-refractivity contribution in [1.82, 2.24) is 9.55 Å². The van der Waals surface area contributed by atoms with E-state index in [9.17, 15) is 10.2 Å². The fourth-order valence-electron chi connectivity index (χ4n) is 2.01. The molecule has 3 rings (SSSR count). The second-order valence-electron chi connectivity index (χ2n) is 3.60. The highest BCUT2D eigenvalue weighted by molar-refractivity contribution is 5.78. The molecule has 0 amide bonds. The number of imidazole rings is 1. The highest BCUT2D eigenvalue weighted by atomic mass is 16.3. The van der Waals surface area contributed by atoms with Crippen molar-refractivity contribution in [3.8, 4) is 5.75 Å². The van der Waals surface area contributed by atoms with Gasteiger partial charge < -0.3 is 14.8 Å². The van der Waals surface area contributed by atoms with Gasteiger partial charge in [0, 0.05) is 12.6 Å². The standard InChI is InChI=1S/C10H10N2O2/c13-6-1-2-8-7(5-6)11-10-9(14)3-4-12(8)10/h1-2,5,9,13-14H,3-4H2. The Morgan fingerprint density at radius 2 is 2.29 bits per heavy atom. The van der Waals surface area contributed by atoms with Gasteiger partial charge in [-0.3, -0.25) is 0 Å². The van der Waals surface area contributed by atoms with E-state index >= 15 is 0 Å². The maximum Gasteiger partial charge on any atom is 0.138 e. The molecule has 1 aliphatic rings. The highest BCUT2D eigenvalue weighted by Gasteiger charge is 2.24. The smallest absolute Gasteiger partial charge is 0.138 e. The Kier molecular flexibility index (Phi) is 1.39. The Bertz CT molecular complexity index is 504. The monoisotopic (exact) mass is 190 g/mol. The molecular formula is C10H10N2O2. The minimum absolute atomic E-state index is 0.212. The lowest BCUT2D eigenvalue weighted by atomic mass is 10.3. The third-order valence-electron chi connectivity index (χ3n) is 2.69. The van der Waals surface area contributed by atoms with E-state index in [2.05, 4.69) is 4.98 Å². The molecule has 1 aliphatic heterocycles. The number of aliphatic hydroxyl groups is 1. The number of aliphatic hydroxyl groups excluding tert-OH is 1. The molecule has 1 atom stereocenters. The zero-order valence-electron chi connectivity index (χ0n) is 7.51. The third-order valence-corrected chi connectivity index (χ3v) is 2.69. The lowest BCUT2D eigenvalue weighted by Crippen LogP contribution is -1.93. The second kappa shape index (κ2) is 2.48. The Hall–Kier alpha value is -1.55. The molecule has 1 unspecified atom stereocenters. The van der Waals surface area contributed by atoms with Gasteiger partial charge in [0.15, 0.2) is 0 Å². The van der Waals surface area contributed by atoms with Gasteiger partial charge in [0.2, 0.25) is 0 Å². The number of aromatic hydroxyl groups is 1. The quantitative estimate of drug-likeness (QED) is 0.655. The van der Waals surface area contributed by atoms with Crippen molar-refractivity contribution in [2.75, 3.05) is 0 Å². The van der Waals surface area contributed by atoms with Crippen LogP contribution in [0.4, 0.5) is 0 Å². The van der Waals surface area contributed by atoms with E-state index in [1.54, 1.807) is 12.1 Å². The van der Waals surface area contributed by atoms with Crippen LogP contribution in [-0.4, -0.2) is 19.8 Å². The predicted molar refractivity (Wildman–Crippen MR) is 51.0 cm³/mol. The van der Waals surface area contributed by atoms with Crippen LogP contribution in [0.15, 0.2) is 18.2 Å². The first kappa shape index (κ1) is 7.82. The molecule has 0 aliphatic carbocycles. The van der Waals surface area contributed by atoms with Crippen LogP contribution in [0.25, 0.3) is 11.0 Å². The van der Waals surface area contributed by atoms with Gasteiger partial charge in [0.1, 0.15) is 17.7 Å². The molecule has 0 saturated carbocycles. The molecule has 4 nitrogen and oxygen atoms in total. The normalized spacial score (nSPS) is 20.2. The summed E-state index contributed by atoms with van der Waals surface area (Å²) < 4.78 is 2.00. The SMILES string of the molecule is Oc1ccc2c(c1)nc1n2CCC1O. The Morgan fingerprint density at radius 1 is 1.43 bits per heavy atom. The number of fused-ring (bicyclic) bond motifs is 3. The summed E-state index contributed by atoms with van der Waals surface area (Å²) in [5.41, 5.74) is 1.73. The van der Waals surface area contributed by atoms with Crippen molar-refractivity contribution in [2.45, 2.75) is 19.1 Å². The number of benzene rings is 1. The van der Waals surface area contributed by atoms with E-state index in [1.807, 2.05) is 10.6 Å². The Balaban J connectivity index is 2.34. The van der Waals surface area contributed by atoms with Gasteiger partial charge in [-0.2, -0.15) is 0 Å². The van der Waals surface area contributed by atoms with Crippen molar-refractivity contribution in [2.24, 2.45) is 0 Å². The average molecular weight is 190 g/mol. The van der Waals surface area contributed by atoms with Gasteiger partial charge in [0.25, 0.3) is 0 Å². The number of hydrogen-bond donors (Lipinski definition) is 2. The van der Waals surface area contributed by atoms with Crippen LogP contribution < -0.4 is 0 Å². The molecule has 2 aromatic rings. The van der Waals surface area contributed by atoms with E-state index in [4.69, 9.17) is 0 Å². The van der Waals surface area contributed by atoms with E-state index in [-0.39, 0.29) is 5.75 Å². The van der Waals surface area contributed by atoms with Crippen LogP contribution in [0.5, 0.6) is 5.75 Å². The topological polar surface area (TPSA) is 58.3 Å². The van der Waals surface area contributed by atoms with Gasteiger partial charge in [0.05, 0.1) is 11.0 Å². The zero-order valence-corrected chi connectivity index (χ0v) is 7.51. The molecule has 1 aromatic heterocycles. The molecule has 0 saturated heterocycles. The Labute approximate surface area is 80.4 Å². The fraction of sp³-hybridized carbons (Fsp3) is 0.300. The maximum atomic E-state index is 9.61. The van der Waals surface area contributed by atoms with E-state index in [0.29, 0.717) is 5.82 Å². The second-order valence-corrected chi connectivity index (χ2v) is 3.60. The minimum atomic E-state index is -0.454. The van der Waals surface area contributed by atoms with Crippen molar-refractivity contribution in [1.29, 1.82) is 0 Å². The molecule has 0 radical (unpaired) electrons. The van der Waals surface area contributed by atoms with Crippen molar-refractivity contribution >= 4 is 11.0 Å². The first-order chi connectivity index (χ1) is 6.75. The predicted octanol–water partition coefficient (Wildman–Crippen LogP) is 1.18. The van der Waals surface area contributed by atoms with Gasteiger partial charge in [-0.05, 0) is 18.6 Å². The van der Waals surface area contributed by atoms with Gasteiger partial charge >= 0.3 is 0 Å². The van der Waals surface area contributed by atoms with Gasteiger partial charge in [-0.1, -0.05) is 0 Å². The van der Waals surface area contributed by atoms with E-state index in [0.717, 1.165) is 24.0 Å². The number of rotatable bonds is 0. The number of hydrogen-bond acceptors (Lipinski definition) is 3. The third kappa shape index (κ3) is 0.886. The van der Waals surface area contributed by atoms with Crippen LogP contribution in [0.1, 0.15) is 18.3 Å². The summed E-state index contributed by atoms with van der Waals surface area (Å²) in [5, 5.41) is 18.9. The van der Waals surface area contributed by atoms with Crippen LogP contribution in [-0.2, 0) is 6.54 Å². The first-order valence-corrected chi connectivity index (χ1v) is 4.63. The molecule has 4 heteroatoms. The van der Waals surface area contributed by atoms with Gasteiger partial charge in [-0.15, -0.1) is 0 Å². The van der Waals surface area contributed by atoms with Crippen molar-refractivity contribution in [3.05, 3.63) is 24.0 Å². The molecule has 2 N–H and O–H groups in total. The van der Waals surface area contributed by atoms with Crippen LogP contribution in [0.3, 0.4) is 0 Å². The average Bonchev–Trinajstić information content (AvgIpc) is 2.66. The fourth-order valence-corrected chi connectivity index (χ4v) is 2.01. The molecule has 14 heavy (non-hydrogen) atoms. The zero-order chi connectivity index (χ0) is 9.71. The molecule has 0 spiro atoms. The molecule has 72 valence electrons. The first-order valence-electron chi connectivity index (χ1n) is 4.63. The van der Waals surface area contributed by atoms with Gasteiger partial charge in [-0.25, -0.2) is 4.98 Å². The number of aryl methyl sites for hydroxylation is 1. The summed E-state index contributed by atoms with van der Waals surface area (Å²) in [5.74, 6) is 0.925. The molecule has 1 aromatic carbocycles. The van der Waals surface area contributed by atoms with Crippen LogP contribution in [0, 0.1) is 0 Å². The minimum Gasteiger partial charge on any atom is -0.508 e. The summed E-state index contributed by atoms with van der Waals surface area (Å²) in [6.07, 6.45) is 0.281. The summed E-state index contributed by atoms with van der Waals surface area (Å²) in [4.78, 5) is 4.29. The van der Waals surface area contributed by atoms with Crippen molar-refractivity contribution in [3.63, 3.8) is 0 Å².